The molecule has 0 radical (unpaired) electrons. The minimum Gasteiger partial charge on any atom is -0.0991 e. The van der Waals surface area contributed by atoms with E-state index in [1.807, 2.05) is 12.2 Å². The maximum Gasteiger partial charge on any atom is -0.0308 e. The highest BCUT2D eigenvalue weighted by Crippen LogP contribution is 2.12. The first kappa shape index (κ1) is 9.22. The van der Waals surface area contributed by atoms with Gasteiger partial charge in [0.1, 0.15) is 0 Å². The first-order valence-electron chi connectivity index (χ1n) is 3.71. The highest BCUT2D eigenvalue weighted by Gasteiger charge is 1.91. The van der Waals surface area contributed by atoms with Gasteiger partial charge in [-0.1, -0.05) is 31.7 Å². The Labute approximate surface area is 64.0 Å². The standard InChI is InChI=1S/C10H16/c1-5-8-9(4)10(6-2)7-3/h5-6,8H,1,7H2,2-4H3. The summed E-state index contributed by atoms with van der Waals surface area (Å²) in [5.74, 6) is 0. The lowest BCUT2D eigenvalue weighted by Gasteiger charge is -2.01. The fourth-order valence-corrected chi connectivity index (χ4v) is 0.994. The average Bonchev–Trinajstić information content (AvgIpc) is 1.91. The molecule has 0 aliphatic rings. The second-order valence-corrected chi connectivity index (χ2v) is 2.25. The largest absolute Gasteiger partial charge is 0.0991 e. The molecule has 0 saturated heterocycles. The molecule has 0 unspecified atom stereocenters. The van der Waals surface area contributed by atoms with E-state index in [1.54, 1.807) is 0 Å². The van der Waals surface area contributed by atoms with Gasteiger partial charge >= 0.3 is 0 Å². The molecular formula is C10H16. The highest BCUT2D eigenvalue weighted by molar-refractivity contribution is 5.30. The summed E-state index contributed by atoms with van der Waals surface area (Å²) in [7, 11) is 0. The van der Waals surface area contributed by atoms with Crippen molar-refractivity contribution in [2.45, 2.75) is 27.2 Å². The van der Waals surface area contributed by atoms with Crippen molar-refractivity contribution in [1.29, 1.82) is 0 Å². The summed E-state index contributed by atoms with van der Waals surface area (Å²) in [6.07, 6.45) is 7.12. The number of hydrogen-bond donors (Lipinski definition) is 0. The molecule has 0 rings (SSSR count). The number of hydrogen-bond acceptors (Lipinski definition) is 0. The van der Waals surface area contributed by atoms with Crippen LogP contribution in [0.2, 0.25) is 0 Å². The molecule has 0 saturated carbocycles. The lowest BCUT2D eigenvalue weighted by Crippen LogP contribution is -1.81. The zero-order chi connectivity index (χ0) is 7.98. The molecule has 0 nitrogen and oxygen atoms in total. The van der Waals surface area contributed by atoms with E-state index >= 15 is 0 Å². The maximum atomic E-state index is 3.65. The predicted molar refractivity (Wildman–Crippen MR) is 48.0 cm³/mol. The van der Waals surface area contributed by atoms with Gasteiger partial charge in [-0.25, -0.2) is 0 Å². The van der Waals surface area contributed by atoms with Crippen molar-refractivity contribution in [3.63, 3.8) is 0 Å². The Kier molecular flexibility index (Phi) is 4.65. The van der Waals surface area contributed by atoms with Crippen molar-refractivity contribution < 1.29 is 0 Å². The van der Waals surface area contributed by atoms with Gasteiger partial charge in [-0.2, -0.15) is 0 Å². The Balaban J connectivity index is 4.30. The minimum absolute atomic E-state index is 1.10. The summed E-state index contributed by atoms with van der Waals surface area (Å²) in [6, 6.07) is 0. The molecule has 56 valence electrons. The van der Waals surface area contributed by atoms with Crippen LogP contribution in [-0.4, -0.2) is 0 Å². The zero-order valence-electron chi connectivity index (χ0n) is 7.15. The third kappa shape index (κ3) is 2.67. The summed E-state index contributed by atoms with van der Waals surface area (Å²) in [4.78, 5) is 0. The van der Waals surface area contributed by atoms with Gasteiger partial charge in [0.25, 0.3) is 0 Å². The molecule has 0 aliphatic carbocycles. The van der Waals surface area contributed by atoms with E-state index in [0.29, 0.717) is 0 Å². The van der Waals surface area contributed by atoms with E-state index in [2.05, 4.69) is 33.4 Å². The molecular weight excluding hydrogens is 120 g/mol. The first-order chi connectivity index (χ1) is 4.76. The van der Waals surface area contributed by atoms with E-state index in [-0.39, 0.29) is 0 Å². The van der Waals surface area contributed by atoms with Crippen LogP contribution in [0.3, 0.4) is 0 Å². The van der Waals surface area contributed by atoms with Crippen molar-refractivity contribution >= 4 is 0 Å². The molecule has 0 aliphatic heterocycles. The van der Waals surface area contributed by atoms with E-state index in [0.717, 1.165) is 6.42 Å². The van der Waals surface area contributed by atoms with Crippen LogP contribution in [0.4, 0.5) is 0 Å². The third-order valence-corrected chi connectivity index (χ3v) is 1.60. The van der Waals surface area contributed by atoms with E-state index < -0.39 is 0 Å². The smallest absolute Gasteiger partial charge is 0.0308 e. The number of rotatable bonds is 3. The van der Waals surface area contributed by atoms with Crippen molar-refractivity contribution in [2.75, 3.05) is 0 Å². The molecule has 0 fully saturated rings. The lowest BCUT2D eigenvalue weighted by atomic mass is 10.1. The molecule has 0 bridgehead atoms. The Hall–Kier alpha value is -0.780. The molecule has 0 aromatic carbocycles. The molecule has 0 amide bonds. The van der Waals surface area contributed by atoms with Gasteiger partial charge in [0.15, 0.2) is 0 Å². The van der Waals surface area contributed by atoms with Crippen LogP contribution in [0.15, 0.2) is 36.0 Å². The summed E-state index contributed by atoms with van der Waals surface area (Å²) < 4.78 is 0. The topological polar surface area (TPSA) is 0 Å². The van der Waals surface area contributed by atoms with Crippen LogP contribution in [-0.2, 0) is 0 Å². The van der Waals surface area contributed by atoms with E-state index in [9.17, 15) is 0 Å². The molecule has 0 heteroatoms. The Bertz CT molecular complexity index is 159. The predicted octanol–water partition coefficient (Wildman–Crippen LogP) is 3.48. The maximum absolute atomic E-state index is 3.65. The molecule has 0 spiro atoms. The zero-order valence-corrected chi connectivity index (χ0v) is 7.15. The van der Waals surface area contributed by atoms with Gasteiger partial charge in [0, 0.05) is 0 Å². The van der Waals surface area contributed by atoms with Crippen LogP contribution in [0, 0.1) is 0 Å². The second kappa shape index (κ2) is 5.04. The summed E-state index contributed by atoms with van der Waals surface area (Å²) >= 11 is 0. The SMILES string of the molecule is C=CC=C(C)C(=CC)CC. The normalized spacial score (nSPS) is 13.5. The van der Waals surface area contributed by atoms with Gasteiger partial charge in [-0.3, -0.25) is 0 Å². The fourth-order valence-electron chi connectivity index (χ4n) is 0.994. The van der Waals surface area contributed by atoms with Crippen molar-refractivity contribution in [3.8, 4) is 0 Å². The Morgan fingerprint density at radius 2 is 2.10 bits per heavy atom. The molecule has 0 aromatic rings. The van der Waals surface area contributed by atoms with E-state index in [4.69, 9.17) is 0 Å². The van der Waals surface area contributed by atoms with Crippen LogP contribution in [0.25, 0.3) is 0 Å². The van der Waals surface area contributed by atoms with Crippen molar-refractivity contribution in [2.24, 2.45) is 0 Å². The van der Waals surface area contributed by atoms with Gasteiger partial charge in [-0.15, -0.1) is 0 Å². The Morgan fingerprint density at radius 1 is 1.50 bits per heavy atom. The first-order valence-corrected chi connectivity index (χ1v) is 3.71. The molecule has 0 heterocycles. The van der Waals surface area contributed by atoms with Crippen LogP contribution < -0.4 is 0 Å². The Morgan fingerprint density at radius 3 is 2.40 bits per heavy atom. The van der Waals surface area contributed by atoms with Crippen LogP contribution in [0.1, 0.15) is 27.2 Å². The van der Waals surface area contributed by atoms with Gasteiger partial charge in [0.2, 0.25) is 0 Å². The third-order valence-electron chi connectivity index (χ3n) is 1.60. The summed E-state index contributed by atoms with van der Waals surface area (Å²) in [5.41, 5.74) is 2.72. The molecule has 0 aromatic heterocycles. The monoisotopic (exact) mass is 136 g/mol. The van der Waals surface area contributed by atoms with Gasteiger partial charge in [0.05, 0.1) is 0 Å². The fraction of sp³-hybridized carbons (Fsp3) is 0.400. The molecule has 0 N–H and O–H groups in total. The number of allylic oxidation sites excluding steroid dienone is 5. The van der Waals surface area contributed by atoms with Crippen molar-refractivity contribution in [1.82, 2.24) is 0 Å². The molecule has 0 atom stereocenters. The van der Waals surface area contributed by atoms with Gasteiger partial charge < -0.3 is 0 Å². The second-order valence-electron chi connectivity index (χ2n) is 2.25. The van der Waals surface area contributed by atoms with Crippen molar-refractivity contribution in [3.05, 3.63) is 36.0 Å². The van der Waals surface area contributed by atoms with Crippen LogP contribution in [0.5, 0.6) is 0 Å². The summed E-state index contributed by atoms with van der Waals surface area (Å²) in [6.45, 7) is 9.99. The quantitative estimate of drug-likeness (QED) is 0.521. The highest BCUT2D eigenvalue weighted by atomic mass is 14.0. The van der Waals surface area contributed by atoms with Gasteiger partial charge in [-0.05, 0) is 31.4 Å². The van der Waals surface area contributed by atoms with E-state index in [1.165, 1.54) is 11.1 Å². The summed E-state index contributed by atoms with van der Waals surface area (Å²) in [5, 5.41) is 0. The average molecular weight is 136 g/mol. The molecule has 10 heavy (non-hydrogen) atoms. The van der Waals surface area contributed by atoms with Crippen LogP contribution >= 0.6 is 0 Å². The lowest BCUT2D eigenvalue weighted by molar-refractivity contribution is 1.10. The minimum atomic E-state index is 1.10.